The smallest absolute Gasteiger partial charge is 0.347 e. The molecule has 0 saturated heterocycles. The predicted octanol–water partition coefficient (Wildman–Crippen LogP) is 9.71. The fourth-order valence-corrected chi connectivity index (χ4v) is 5.36. The monoisotopic (exact) mass is 598 g/mol. The third-order valence-electron chi connectivity index (χ3n) is 7.93. The average Bonchev–Trinajstić information content (AvgIpc) is 3.00. The predicted molar refractivity (Wildman–Crippen MR) is 180 cm³/mol. The fourth-order valence-electron chi connectivity index (χ4n) is 5.36. The molecule has 1 aliphatic carbocycles. The fraction of sp³-hybridized carbons (Fsp3) is 0.395. The van der Waals surface area contributed by atoms with Crippen LogP contribution in [0.3, 0.4) is 0 Å². The van der Waals surface area contributed by atoms with Crippen molar-refractivity contribution in [2.45, 2.75) is 72.8 Å². The molecule has 0 N–H and O–H groups in total. The van der Waals surface area contributed by atoms with Gasteiger partial charge < -0.3 is 23.4 Å². The Hall–Kier alpha value is -4.19. The van der Waals surface area contributed by atoms with E-state index in [-0.39, 0.29) is 0 Å². The Morgan fingerprint density at radius 2 is 1.55 bits per heavy atom. The van der Waals surface area contributed by atoms with Gasteiger partial charge in [0.1, 0.15) is 45.1 Å². The molecule has 2 heterocycles. The van der Waals surface area contributed by atoms with Gasteiger partial charge in [-0.2, -0.15) is 0 Å². The van der Waals surface area contributed by atoms with Crippen LogP contribution in [0, 0.1) is 5.41 Å². The first-order valence-electron chi connectivity index (χ1n) is 15.2. The highest BCUT2D eigenvalue weighted by Gasteiger charge is 2.29. The topological polar surface area (TPSA) is 67.1 Å². The number of methoxy groups -OCH3 is 3. The van der Waals surface area contributed by atoms with E-state index in [9.17, 15) is 4.79 Å². The van der Waals surface area contributed by atoms with Gasteiger partial charge in [-0.05, 0) is 88.6 Å². The van der Waals surface area contributed by atoms with Crippen LogP contribution in [0.25, 0.3) is 28.2 Å². The van der Waals surface area contributed by atoms with Gasteiger partial charge in [-0.25, -0.2) is 4.79 Å². The van der Waals surface area contributed by atoms with Crippen LogP contribution in [0.2, 0.25) is 0 Å². The number of rotatable bonds is 4. The van der Waals surface area contributed by atoms with Crippen LogP contribution >= 0.6 is 0 Å². The number of ether oxygens (including phenoxy) is 4. The first-order valence-corrected chi connectivity index (χ1v) is 15.2. The van der Waals surface area contributed by atoms with Gasteiger partial charge >= 0.3 is 5.63 Å². The number of hydrogen-bond acceptors (Lipinski definition) is 6. The van der Waals surface area contributed by atoms with Crippen molar-refractivity contribution in [3.05, 3.63) is 87.8 Å². The maximum absolute atomic E-state index is 12.9. The van der Waals surface area contributed by atoms with E-state index in [2.05, 4.69) is 52.0 Å². The van der Waals surface area contributed by atoms with Crippen LogP contribution in [0.4, 0.5) is 0 Å². The lowest BCUT2D eigenvalue weighted by Gasteiger charge is -2.29. The summed E-state index contributed by atoms with van der Waals surface area (Å²) in [6.07, 6.45) is 18.1. The van der Waals surface area contributed by atoms with E-state index in [1.165, 1.54) is 31.1 Å². The van der Waals surface area contributed by atoms with E-state index >= 15 is 0 Å². The largest absolute Gasteiger partial charge is 0.497 e. The van der Waals surface area contributed by atoms with Crippen molar-refractivity contribution >= 4 is 17.0 Å². The molecule has 6 nitrogen and oxygen atoms in total. The summed E-state index contributed by atoms with van der Waals surface area (Å²) in [4.78, 5) is 12.9. The first kappa shape index (κ1) is 32.7. The van der Waals surface area contributed by atoms with E-state index < -0.39 is 11.2 Å². The Bertz CT molecular complexity index is 1660. The number of benzene rings is 2. The summed E-state index contributed by atoms with van der Waals surface area (Å²) in [5.41, 5.74) is 4.45. The van der Waals surface area contributed by atoms with Gasteiger partial charge in [-0.15, -0.1) is 0 Å². The molecule has 0 fully saturated rings. The molecule has 6 heteroatoms. The van der Waals surface area contributed by atoms with Gasteiger partial charge in [0.25, 0.3) is 0 Å². The molecule has 3 aromatic rings. The number of allylic oxidation sites excluding steroid dienone is 6. The molecule has 0 atom stereocenters. The highest BCUT2D eigenvalue weighted by Crippen LogP contribution is 2.47. The molecule has 0 radical (unpaired) electrons. The van der Waals surface area contributed by atoms with Crippen LogP contribution in [0.1, 0.15) is 72.8 Å². The molecule has 5 rings (SSSR count). The van der Waals surface area contributed by atoms with Crippen molar-refractivity contribution in [3.8, 4) is 34.1 Å². The average molecular weight is 599 g/mol. The Kier molecular flexibility index (Phi) is 10.1. The van der Waals surface area contributed by atoms with E-state index in [0.717, 1.165) is 18.4 Å². The molecular weight excluding hydrogens is 552 g/mol. The molecule has 234 valence electrons. The zero-order chi connectivity index (χ0) is 32.1. The van der Waals surface area contributed by atoms with Crippen molar-refractivity contribution in [1.29, 1.82) is 0 Å². The lowest BCUT2D eigenvalue weighted by Crippen LogP contribution is -2.27. The van der Waals surface area contributed by atoms with E-state index in [4.69, 9.17) is 23.4 Å². The molecule has 2 aliphatic rings. The summed E-state index contributed by atoms with van der Waals surface area (Å²) in [5, 5.41) is 0.576. The summed E-state index contributed by atoms with van der Waals surface area (Å²) in [6, 6.07) is 8.84. The zero-order valence-electron chi connectivity index (χ0n) is 27.6. The molecule has 0 saturated carbocycles. The third-order valence-corrected chi connectivity index (χ3v) is 7.93. The maximum atomic E-state index is 12.9. The quantitative estimate of drug-likeness (QED) is 0.220. The van der Waals surface area contributed by atoms with Gasteiger partial charge in [-0.1, -0.05) is 61.4 Å². The second-order valence-corrected chi connectivity index (χ2v) is 12.7. The van der Waals surface area contributed by atoms with Crippen molar-refractivity contribution in [2.24, 2.45) is 5.41 Å². The molecule has 44 heavy (non-hydrogen) atoms. The molecule has 0 amide bonds. The normalized spacial score (nSPS) is 17.1. The molecule has 1 aliphatic heterocycles. The van der Waals surface area contributed by atoms with Crippen molar-refractivity contribution in [2.75, 3.05) is 21.3 Å². The SMILES string of the molecule is CC1=CCCC(C)=CCC(C)(C)C=CC1.COc1ccc(-c2c(OC)c3c(OC)c4c(cc3oc2=O)OC(C)(C)C=C4)cc1. The van der Waals surface area contributed by atoms with E-state index in [1.54, 1.807) is 44.6 Å². The third kappa shape index (κ3) is 7.65. The lowest BCUT2D eigenvalue weighted by atomic mass is 9.87. The Morgan fingerprint density at radius 1 is 0.841 bits per heavy atom. The van der Waals surface area contributed by atoms with Gasteiger partial charge in [0, 0.05) is 6.07 Å². The summed E-state index contributed by atoms with van der Waals surface area (Å²) >= 11 is 0. The second kappa shape index (κ2) is 13.6. The Balaban J connectivity index is 0.000000249. The van der Waals surface area contributed by atoms with Crippen LogP contribution in [0.15, 0.2) is 81.1 Å². The minimum Gasteiger partial charge on any atom is -0.497 e. The summed E-state index contributed by atoms with van der Waals surface area (Å²) in [5.74, 6) is 2.19. The van der Waals surface area contributed by atoms with Crippen molar-refractivity contribution < 1.29 is 23.4 Å². The van der Waals surface area contributed by atoms with Crippen molar-refractivity contribution in [3.63, 3.8) is 0 Å². The van der Waals surface area contributed by atoms with Crippen LogP contribution in [-0.2, 0) is 0 Å². The molecule has 0 spiro atoms. The lowest BCUT2D eigenvalue weighted by molar-refractivity contribution is 0.158. The first-order chi connectivity index (χ1) is 20.9. The highest BCUT2D eigenvalue weighted by atomic mass is 16.5. The summed E-state index contributed by atoms with van der Waals surface area (Å²) in [7, 11) is 4.68. The maximum Gasteiger partial charge on any atom is 0.347 e. The second-order valence-electron chi connectivity index (χ2n) is 12.7. The van der Waals surface area contributed by atoms with Gasteiger partial charge in [-0.3, -0.25) is 0 Å². The number of hydrogen-bond donors (Lipinski definition) is 0. The minimum atomic E-state index is -0.507. The molecule has 0 bridgehead atoms. The Morgan fingerprint density at radius 3 is 2.20 bits per heavy atom. The van der Waals surface area contributed by atoms with Gasteiger partial charge in [0.05, 0.1) is 26.9 Å². The van der Waals surface area contributed by atoms with E-state index in [1.807, 2.05) is 26.0 Å². The standard InChI is InChI=1S/C23H22O6.C15H24/c1-23(2)11-10-15-16(29-23)12-17-19(20(15)26-4)21(27-5)18(22(24)28-17)13-6-8-14(25-3)9-7-13;1-13-7-5-8-14(2)10-12-15(3,4)11-6-9-13/h6-12H,1-5H3;6-7,10-11H,5,8-9,12H2,1-4H3. The molecule has 2 aromatic carbocycles. The zero-order valence-corrected chi connectivity index (χ0v) is 27.6. The van der Waals surface area contributed by atoms with Crippen molar-refractivity contribution in [1.82, 2.24) is 0 Å². The van der Waals surface area contributed by atoms with Crippen LogP contribution in [0.5, 0.6) is 23.0 Å². The molecule has 1 aromatic heterocycles. The number of fused-ring (bicyclic) bond motifs is 2. The summed E-state index contributed by atoms with van der Waals surface area (Å²) in [6.45, 7) is 13.0. The Labute approximate surface area is 261 Å². The van der Waals surface area contributed by atoms with Crippen LogP contribution < -0.4 is 24.6 Å². The van der Waals surface area contributed by atoms with Gasteiger partial charge in [0.2, 0.25) is 0 Å². The summed E-state index contributed by atoms with van der Waals surface area (Å²) < 4.78 is 28.3. The molecular formula is C38H46O6. The van der Waals surface area contributed by atoms with Gasteiger partial charge in [0.15, 0.2) is 0 Å². The van der Waals surface area contributed by atoms with Crippen LogP contribution in [-0.4, -0.2) is 26.9 Å². The highest BCUT2D eigenvalue weighted by molar-refractivity contribution is 5.99. The minimum absolute atomic E-state index is 0.311. The molecule has 0 unspecified atom stereocenters. The van der Waals surface area contributed by atoms with E-state index in [0.29, 0.717) is 50.5 Å².